The highest BCUT2D eigenvalue weighted by Gasteiger charge is 2.24. The molecular weight excluding hydrogens is 280 g/mol. The Morgan fingerprint density at radius 1 is 1.23 bits per heavy atom. The molecule has 1 atom stereocenters. The van der Waals surface area contributed by atoms with E-state index in [1.54, 1.807) is 0 Å². The van der Waals surface area contributed by atoms with Crippen LogP contribution in [-0.2, 0) is 0 Å². The van der Waals surface area contributed by atoms with Crippen LogP contribution < -0.4 is 4.74 Å². The van der Waals surface area contributed by atoms with E-state index in [1.165, 1.54) is 0 Å². The van der Waals surface area contributed by atoms with Gasteiger partial charge in [0.25, 0.3) is 5.91 Å². The predicted octanol–water partition coefficient (Wildman–Crippen LogP) is 1.61. The lowest BCUT2D eigenvalue weighted by Gasteiger charge is -2.35. The second-order valence-corrected chi connectivity index (χ2v) is 5.58. The lowest BCUT2D eigenvalue weighted by atomic mass is 10.1. The molecule has 0 unspecified atom stereocenters. The van der Waals surface area contributed by atoms with Gasteiger partial charge < -0.3 is 14.7 Å². The van der Waals surface area contributed by atoms with Crippen molar-refractivity contribution in [1.29, 1.82) is 0 Å². The van der Waals surface area contributed by atoms with Crippen LogP contribution in [-0.4, -0.2) is 66.2 Å². The fourth-order valence-corrected chi connectivity index (χ4v) is 2.66. The molecule has 0 radical (unpaired) electrons. The molecule has 1 heterocycles. The molecular formula is C17H26N2O3. The average Bonchev–Trinajstić information content (AvgIpc) is 2.55. The third-order valence-corrected chi connectivity index (χ3v) is 4.02. The number of aliphatic hydroxyl groups excluding tert-OH is 1. The fraction of sp³-hybridized carbons (Fsp3) is 0.588. The van der Waals surface area contributed by atoms with E-state index < -0.39 is 0 Å². The second-order valence-electron chi connectivity index (χ2n) is 5.58. The molecule has 0 saturated carbocycles. The van der Waals surface area contributed by atoms with Crippen molar-refractivity contribution in [3.63, 3.8) is 0 Å². The highest BCUT2D eigenvalue weighted by Crippen LogP contribution is 2.20. The molecule has 0 aromatic heterocycles. The van der Waals surface area contributed by atoms with Gasteiger partial charge in [-0.25, -0.2) is 0 Å². The summed E-state index contributed by atoms with van der Waals surface area (Å²) in [6, 6.07) is 7.40. The summed E-state index contributed by atoms with van der Waals surface area (Å²) in [5.41, 5.74) is 0.631. The van der Waals surface area contributed by atoms with Crippen LogP contribution in [0.4, 0.5) is 0 Å². The zero-order valence-corrected chi connectivity index (χ0v) is 13.5. The highest BCUT2D eigenvalue weighted by molar-refractivity contribution is 5.97. The highest BCUT2D eigenvalue weighted by atomic mass is 16.5. The van der Waals surface area contributed by atoms with E-state index in [1.807, 2.05) is 43.0 Å². The van der Waals surface area contributed by atoms with E-state index in [9.17, 15) is 9.90 Å². The van der Waals surface area contributed by atoms with Crippen molar-refractivity contribution < 1.29 is 14.6 Å². The van der Waals surface area contributed by atoms with Crippen molar-refractivity contribution in [3.05, 3.63) is 29.8 Å². The van der Waals surface area contributed by atoms with Crippen LogP contribution in [0.3, 0.4) is 0 Å². The van der Waals surface area contributed by atoms with Crippen LogP contribution in [0.25, 0.3) is 0 Å². The van der Waals surface area contributed by atoms with Crippen molar-refractivity contribution in [1.82, 2.24) is 9.80 Å². The third-order valence-electron chi connectivity index (χ3n) is 4.02. The van der Waals surface area contributed by atoms with Crippen LogP contribution in [0.2, 0.25) is 0 Å². The van der Waals surface area contributed by atoms with Crippen LogP contribution in [0.5, 0.6) is 5.75 Å². The number of hydrogen-bond acceptors (Lipinski definition) is 4. The number of nitrogens with zero attached hydrogens (tertiary/aromatic N) is 2. The van der Waals surface area contributed by atoms with Gasteiger partial charge in [0.15, 0.2) is 0 Å². The number of carbonyl (C=O) groups excluding carboxylic acids is 1. The molecule has 122 valence electrons. The Labute approximate surface area is 132 Å². The molecule has 0 bridgehead atoms. The van der Waals surface area contributed by atoms with Crippen LogP contribution >= 0.6 is 0 Å². The minimum absolute atomic E-state index is 0.0275. The van der Waals surface area contributed by atoms with Crippen LogP contribution in [0, 0.1) is 0 Å². The zero-order valence-electron chi connectivity index (χ0n) is 13.5. The Balaban J connectivity index is 1.95. The lowest BCUT2D eigenvalue weighted by Crippen LogP contribution is -2.50. The number of amides is 1. The standard InChI is InChI=1S/C17H26N2O3/c1-3-14(20)13-18-9-11-19(12-10-18)17(21)15-7-5-6-8-16(15)22-4-2/h5-8,14,20H,3-4,9-13H2,1-2H3/t14-/m0/s1. The molecule has 22 heavy (non-hydrogen) atoms. The van der Waals surface area contributed by atoms with E-state index in [4.69, 9.17) is 4.74 Å². The molecule has 5 nitrogen and oxygen atoms in total. The first-order valence-electron chi connectivity index (χ1n) is 8.07. The summed E-state index contributed by atoms with van der Waals surface area (Å²) in [6.45, 7) is 8.12. The summed E-state index contributed by atoms with van der Waals surface area (Å²) in [5.74, 6) is 0.679. The van der Waals surface area contributed by atoms with Gasteiger partial charge in [0.2, 0.25) is 0 Å². The Morgan fingerprint density at radius 3 is 2.55 bits per heavy atom. The summed E-state index contributed by atoms with van der Waals surface area (Å²) in [5, 5.41) is 9.72. The first-order valence-corrected chi connectivity index (χ1v) is 8.07. The van der Waals surface area contributed by atoms with E-state index in [0.29, 0.717) is 37.6 Å². The Kier molecular flexibility index (Phi) is 6.21. The van der Waals surface area contributed by atoms with Gasteiger partial charge >= 0.3 is 0 Å². The number of hydrogen-bond donors (Lipinski definition) is 1. The summed E-state index contributed by atoms with van der Waals surface area (Å²) >= 11 is 0. The van der Waals surface area contributed by atoms with E-state index in [-0.39, 0.29) is 12.0 Å². The predicted molar refractivity (Wildman–Crippen MR) is 86.3 cm³/mol. The molecule has 2 rings (SSSR count). The monoisotopic (exact) mass is 306 g/mol. The summed E-state index contributed by atoms with van der Waals surface area (Å²) in [6.07, 6.45) is 0.488. The maximum Gasteiger partial charge on any atom is 0.257 e. The summed E-state index contributed by atoms with van der Waals surface area (Å²) in [7, 11) is 0. The number of aliphatic hydroxyl groups is 1. The Morgan fingerprint density at radius 2 is 1.91 bits per heavy atom. The number of rotatable bonds is 6. The zero-order chi connectivity index (χ0) is 15.9. The molecule has 1 amide bonds. The first-order chi connectivity index (χ1) is 10.7. The molecule has 1 fully saturated rings. The smallest absolute Gasteiger partial charge is 0.257 e. The Bertz CT molecular complexity index is 485. The number of ether oxygens (including phenoxy) is 1. The third kappa shape index (κ3) is 4.21. The molecule has 1 aliphatic rings. The van der Waals surface area contributed by atoms with Gasteiger partial charge in [0.05, 0.1) is 18.3 Å². The first kappa shape index (κ1) is 16.8. The second kappa shape index (κ2) is 8.15. The summed E-state index contributed by atoms with van der Waals surface area (Å²) < 4.78 is 5.55. The van der Waals surface area contributed by atoms with E-state index >= 15 is 0 Å². The van der Waals surface area contributed by atoms with Crippen molar-refractivity contribution in [2.45, 2.75) is 26.4 Å². The van der Waals surface area contributed by atoms with Crippen molar-refractivity contribution >= 4 is 5.91 Å². The molecule has 0 aliphatic carbocycles. The SMILES string of the molecule is CCOc1ccccc1C(=O)N1CCN(C[C@@H](O)CC)CC1. The lowest BCUT2D eigenvalue weighted by molar-refractivity contribution is 0.0521. The number of para-hydroxylation sites is 1. The molecule has 1 aliphatic heterocycles. The van der Waals surface area contributed by atoms with Gasteiger partial charge in [0.1, 0.15) is 5.75 Å². The molecule has 5 heteroatoms. The number of β-amino-alcohol motifs (C(OH)–C–C–N with tert-alkyl or cyclic N) is 1. The largest absolute Gasteiger partial charge is 0.493 e. The maximum atomic E-state index is 12.7. The van der Waals surface area contributed by atoms with Crippen molar-refractivity contribution in [2.24, 2.45) is 0 Å². The Hall–Kier alpha value is -1.59. The normalized spacial score (nSPS) is 17.3. The van der Waals surface area contributed by atoms with Gasteiger partial charge in [0, 0.05) is 32.7 Å². The van der Waals surface area contributed by atoms with Gasteiger partial charge in [-0.2, -0.15) is 0 Å². The van der Waals surface area contributed by atoms with Gasteiger partial charge in [-0.1, -0.05) is 19.1 Å². The van der Waals surface area contributed by atoms with Gasteiger partial charge in [-0.05, 0) is 25.5 Å². The maximum absolute atomic E-state index is 12.7. The van der Waals surface area contributed by atoms with Crippen molar-refractivity contribution in [2.75, 3.05) is 39.3 Å². The van der Waals surface area contributed by atoms with Gasteiger partial charge in [-0.15, -0.1) is 0 Å². The molecule has 0 spiro atoms. The minimum atomic E-state index is -0.277. The van der Waals surface area contributed by atoms with Crippen molar-refractivity contribution in [3.8, 4) is 5.75 Å². The minimum Gasteiger partial charge on any atom is -0.493 e. The molecule has 1 aromatic rings. The molecule has 1 aromatic carbocycles. The molecule has 1 N–H and O–H groups in total. The fourth-order valence-electron chi connectivity index (χ4n) is 2.66. The van der Waals surface area contributed by atoms with Crippen LogP contribution in [0.15, 0.2) is 24.3 Å². The average molecular weight is 306 g/mol. The molecule has 1 saturated heterocycles. The number of benzene rings is 1. The topological polar surface area (TPSA) is 53.0 Å². The van der Waals surface area contributed by atoms with Gasteiger partial charge in [-0.3, -0.25) is 9.69 Å². The van der Waals surface area contributed by atoms with E-state index in [0.717, 1.165) is 19.5 Å². The van der Waals surface area contributed by atoms with E-state index in [2.05, 4.69) is 4.90 Å². The quantitative estimate of drug-likeness (QED) is 0.867. The number of piperazine rings is 1. The number of carbonyl (C=O) groups is 1. The van der Waals surface area contributed by atoms with Crippen LogP contribution in [0.1, 0.15) is 30.6 Å². The summed E-state index contributed by atoms with van der Waals surface area (Å²) in [4.78, 5) is 16.7.